The van der Waals surface area contributed by atoms with E-state index in [4.69, 9.17) is 0 Å². The zero-order valence-electron chi connectivity index (χ0n) is 11.4. The van der Waals surface area contributed by atoms with E-state index in [1.54, 1.807) is 0 Å². The second-order valence-corrected chi connectivity index (χ2v) is 4.25. The number of carbonyl (C=O) groups excluding carboxylic acids is 3. The van der Waals surface area contributed by atoms with E-state index in [9.17, 15) is 27.6 Å². The predicted molar refractivity (Wildman–Crippen MR) is 66.6 cm³/mol. The summed E-state index contributed by atoms with van der Waals surface area (Å²) in [5.41, 5.74) is -0.975. The number of ether oxygens (including phenoxy) is 1. The zero-order chi connectivity index (χ0) is 16.2. The quantitative estimate of drug-likeness (QED) is 0.363. The zero-order valence-corrected chi connectivity index (χ0v) is 11.4. The molecule has 7 heteroatoms. The Kier molecular flexibility index (Phi) is 5.23. The van der Waals surface area contributed by atoms with Crippen molar-refractivity contribution in [2.45, 2.75) is 20.0 Å². The first-order valence-corrected chi connectivity index (χ1v) is 6.11. The van der Waals surface area contributed by atoms with Crippen molar-refractivity contribution >= 4 is 17.5 Å². The Labute approximate surface area is 118 Å². The van der Waals surface area contributed by atoms with Crippen LogP contribution in [-0.4, -0.2) is 24.1 Å². The van der Waals surface area contributed by atoms with Crippen molar-refractivity contribution in [1.82, 2.24) is 0 Å². The molecule has 1 atom stereocenters. The van der Waals surface area contributed by atoms with Gasteiger partial charge in [0.25, 0.3) is 5.78 Å². The molecule has 0 N–H and O–H groups in total. The van der Waals surface area contributed by atoms with E-state index in [-0.39, 0.29) is 12.2 Å². The largest absolute Gasteiger partial charge is 0.460 e. The van der Waals surface area contributed by atoms with Crippen LogP contribution in [0.5, 0.6) is 0 Å². The van der Waals surface area contributed by atoms with E-state index in [2.05, 4.69) is 4.74 Å². The SMILES string of the molecule is CCOC(=O)C(=O)[C@H](C)C(=O)c1ccc(C(F)(F)F)cc1. The molecule has 4 nitrogen and oxygen atoms in total. The molecule has 0 saturated carbocycles. The minimum Gasteiger partial charge on any atom is -0.460 e. The highest BCUT2D eigenvalue weighted by Gasteiger charge is 2.32. The molecule has 0 aliphatic heterocycles. The molecule has 0 unspecified atom stereocenters. The summed E-state index contributed by atoms with van der Waals surface area (Å²) in [7, 11) is 0. The van der Waals surface area contributed by atoms with Gasteiger partial charge in [-0.15, -0.1) is 0 Å². The second kappa shape index (κ2) is 6.51. The Morgan fingerprint density at radius 2 is 1.67 bits per heavy atom. The second-order valence-electron chi connectivity index (χ2n) is 4.25. The van der Waals surface area contributed by atoms with Crippen molar-refractivity contribution in [3.05, 3.63) is 35.4 Å². The van der Waals surface area contributed by atoms with Crippen LogP contribution in [0.1, 0.15) is 29.8 Å². The number of hydrogen-bond donors (Lipinski definition) is 0. The van der Waals surface area contributed by atoms with Crippen LogP contribution in [0.25, 0.3) is 0 Å². The van der Waals surface area contributed by atoms with E-state index in [0.717, 1.165) is 24.3 Å². The highest BCUT2D eigenvalue weighted by molar-refractivity contribution is 6.39. The standard InChI is InChI=1S/C14H13F3O4/c1-3-21-13(20)12(19)8(2)11(18)9-4-6-10(7-5-9)14(15,16)17/h4-8H,3H2,1-2H3/t8-/m1/s1. The first-order valence-electron chi connectivity index (χ1n) is 6.11. The number of esters is 1. The third-order valence-corrected chi connectivity index (χ3v) is 2.76. The van der Waals surface area contributed by atoms with Crippen LogP contribution in [0.3, 0.4) is 0 Å². The number of benzene rings is 1. The normalized spacial score (nSPS) is 12.6. The molecule has 1 rings (SSSR count). The van der Waals surface area contributed by atoms with Crippen LogP contribution in [0.15, 0.2) is 24.3 Å². The van der Waals surface area contributed by atoms with Gasteiger partial charge in [0.15, 0.2) is 5.78 Å². The van der Waals surface area contributed by atoms with Crippen LogP contribution < -0.4 is 0 Å². The van der Waals surface area contributed by atoms with Gasteiger partial charge in [0.05, 0.1) is 18.1 Å². The lowest BCUT2D eigenvalue weighted by Gasteiger charge is -2.10. The van der Waals surface area contributed by atoms with E-state index in [1.807, 2.05) is 0 Å². The molecule has 1 aromatic carbocycles. The number of carbonyl (C=O) groups is 3. The molecule has 0 radical (unpaired) electrons. The monoisotopic (exact) mass is 302 g/mol. The van der Waals surface area contributed by atoms with Crippen LogP contribution in [-0.2, 0) is 20.5 Å². The summed E-state index contributed by atoms with van der Waals surface area (Å²) < 4.78 is 41.7. The number of ketones is 2. The smallest absolute Gasteiger partial charge is 0.416 e. The van der Waals surface area contributed by atoms with Gasteiger partial charge in [-0.05, 0) is 26.0 Å². The van der Waals surface area contributed by atoms with Gasteiger partial charge in [-0.1, -0.05) is 12.1 Å². The van der Waals surface area contributed by atoms with E-state index >= 15 is 0 Å². The van der Waals surface area contributed by atoms with E-state index < -0.39 is 35.2 Å². The van der Waals surface area contributed by atoms with Gasteiger partial charge in [0.2, 0.25) is 0 Å². The molecule has 114 valence electrons. The van der Waals surface area contributed by atoms with Gasteiger partial charge >= 0.3 is 12.1 Å². The molecule has 0 amide bonds. The molecule has 0 aliphatic carbocycles. The van der Waals surface area contributed by atoms with Crippen molar-refractivity contribution in [3.8, 4) is 0 Å². The lowest BCUT2D eigenvalue weighted by molar-refractivity contribution is -0.154. The minimum atomic E-state index is -4.51. The Bertz CT molecular complexity index is 546. The summed E-state index contributed by atoms with van der Waals surface area (Å²) in [6.07, 6.45) is -4.51. The average Bonchev–Trinajstić information content (AvgIpc) is 2.44. The van der Waals surface area contributed by atoms with Gasteiger partial charge in [-0.3, -0.25) is 9.59 Å². The number of rotatable bonds is 5. The van der Waals surface area contributed by atoms with E-state index in [1.165, 1.54) is 13.8 Å². The fraction of sp³-hybridized carbons (Fsp3) is 0.357. The molecule has 0 heterocycles. The summed E-state index contributed by atoms with van der Waals surface area (Å²) in [5.74, 6) is -4.20. The molecule has 21 heavy (non-hydrogen) atoms. The first kappa shape index (κ1) is 16.9. The van der Waals surface area contributed by atoms with Crippen molar-refractivity contribution in [1.29, 1.82) is 0 Å². The maximum Gasteiger partial charge on any atom is 0.416 e. The van der Waals surface area contributed by atoms with Gasteiger partial charge < -0.3 is 4.74 Å². The Morgan fingerprint density at radius 3 is 2.10 bits per heavy atom. The molecular formula is C14H13F3O4. The average molecular weight is 302 g/mol. The highest BCUT2D eigenvalue weighted by Crippen LogP contribution is 2.29. The first-order chi connectivity index (χ1) is 9.68. The fourth-order valence-electron chi connectivity index (χ4n) is 1.57. The van der Waals surface area contributed by atoms with Gasteiger partial charge in [-0.2, -0.15) is 13.2 Å². The third kappa shape index (κ3) is 4.14. The lowest BCUT2D eigenvalue weighted by atomic mass is 9.95. The maximum atomic E-state index is 12.4. The minimum absolute atomic E-state index is 0.00817. The fourth-order valence-corrected chi connectivity index (χ4v) is 1.57. The summed E-state index contributed by atoms with van der Waals surface area (Å²) in [6.45, 7) is 2.71. The lowest BCUT2D eigenvalue weighted by Crippen LogP contribution is -2.29. The highest BCUT2D eigenvalue weighted by atomic mass is 19.4. The molecule has 0 aromatic heterocycles. The summed E-state index contributed by atoms with van der Waals surface area (Å²) in [5, 5.41) is 0. The molecule has 1 aromatic rings. The molecule has 0 fully saturated rings. The van der Waals surface area contributed by atoms with Crippen LogP contribution in [0.2, 0.25) is 0 Å². The number of alkyl halides is 3. The van der Waals surface area contributed by atoms with Crippen molar-refractivity contribution in [2.24, 2.45) is 5.92 Å². The molecule has 0 spiro atoms. The summed E-state index contributed by atoms with van der Waals surface area (Å²) in [6, 6.07) is 3.43. The Balaban J connectivity index is 2.88. The Hall–Kier alpha value is -2.18. The van der Waals surface area contributed by atoms with Gasteiger partial charge in [-0.25, -0.2) is 4.79 Å². The van der Waals surface area contributed by atoms with Gasteiger partial charge in [0.1, 0.15) is 0 Å². The molecular weight excluding hydrogens is 289 g/mol. The molecule has 0 bridgehead atoms. The number of Topliss-reactive ketones (excluding diaryl/α,β-unsaturated/α-hetero) is 2. The van der Waals surface area contributed by atoms with Crippen LogP contribution in [0.4, 0.5) is 13.2 Å². The third-order valence-electron chi connectivity index (χ3n) is 2.76. The topological polar surface area (TPSA) is 60.4 Å². The van der Waals surface area contributed by atoms with Crippen molar-refractivity contribution in [3.63, 3.8) is 0 Å². The Morgan fingerprint density at radius 1 is 1.14 bits per heavy atom. The van der Waals surface area contributed by atoms with Crippen LogP contribution >= 0.6 is 0 Å². The van der Waals surface area contributed by atoms with Crippen LogP contribution in [0, 0.1) is 5.92 Å². The predicted octanol–water partition coefficient (Wildman–Crippen LogP) is 2.66. The van der Waals surface area contributed by atoms with E-state index in [0.29, 0.717) is 0 Å². The number of halogens is 3. The maximum absolute atomic E-state index is 12.4. The summed E-state index contributed by atoms with van der Waals surface area (Å²) in [4.78, 5) is 34.8. The molecule has 0 aliphatic rings. The molecule has 0 saturated heterocycles. The van der Waals surface area contributed by atoms with Crippen molar-refractivity contribution in [2.75, 3.05) is 6.61 Å². The van der Waals surface area contributed by atoms with Gasteiger partial charge in [0, 0.05) is 5.56 Å². The summed E-state index contributed by atoms with van der Waals surface area (Å²) >= 11 is 0. The van der Waals surface area contributed by atoms with Crippen molar-refractivity contribution < 1.29 is 32.3 Å². The number of hydrogen-bond acceptors (Lipinski definition) is 4.